The lowest BCUT2D eigenvalue weighted by atomic mass is 9.55. The molecule has 0 saturated heterocycles. The molecule has 1 aromatic rings. The average Bonchev–Trinajstić information content (AvgIpc) is 2.61. The third-order valence-corrected chi connectivity index (χ3v) is 14.3. The fourth-order valence-electron chi connectivity index (χ4n) is 10.5. The summed E-state index contributed by atoms with van der Waals surface area (Å²) in [6, 6.07) is 9.74. The van der Waals surface area contributed by atoms with E-state index in [2.05, 4.69) is 31.2 Å². The zero-order valence-corrected chi connectivity index (χ0v) is 18.6. The van der Waals surface area contributed by atoms with Gasteiger partial charge in [0, 0.05) is 0 Å². The van der Waals surface area contributed by atoms with E-state index in [1.165, 1.54) is 0 Å². The second-order valence-electron chi connectivity index (χ2n) is 12.4. The molecule has 0 spiro atoms. The van der Waals surface area contributed by atoms with Gasteiger partial charge in [0.2, 0.25) is 0 Å². The van der Waals surface area contributed by atoms with Crippen LogP contribution in [0.3, 0.4) is 0 Å². The van der Waals surface area contributed by atoms with Crippen LogP contribution in [-0.4, -0.2) is 10.3 Å². The third kappa shape index (κ3) is 2.40. The van der Waals surface area contributed by atoms with Crippen LogP contribution >= 0.6 is 7.92 Å². The normalized spacial score (nSPS) is 51.6. The largest absolute Gasteiger partial charge is 0.0623 e. The molecule has 150 valence electrons. The summed E-state index contributed by atoms with van der Waals surface area (Å²) in [5, 5.41) is 3.31. The van der Waals surface area contributed by atoms with E-state index >= 15 is 0 Å². The Morgan fingerprint density at radius 2 is 0.964 bits per heavy atom. The predicted molar refractivity (Wildman–Crippen MR) is 120 cm³/mol. The summed E-state index contributed by atoms with van der Waals surface area (Å²) in [7, 11) is -0.0248. The highest BCUT2D eigenvalue weighted by atomic mass is 31.1. The Morgan fingerprint density at radius 3 is 1.32 bits per heavy atom. The van der Waals surface area contributed by atoms with Gasteiger partial charge in [-0.2, -0.15) is 0 Å². The van der Waals surface area contributed by atoms with Gasteiger partial charge in [-0.25, -0.2) is 0 Å². The molecule has 0 amide bonds. The van der Waals surface area contributed by atoms with Crippen molar-refractivity contribution in [2.75, 3.05) is 0 Å². The fraction of sp³-hybridized carbons (Fsp3) is 0.778. The van der Waals surface area contributed by atoms with E-state index in [0.29, 0.717) is 0 Å². The number of hydrogen-bond acceptors (Lipinski definition) is 0. The van der Waals surface area contributed by atoms with E-state index < -0.39 is 0 Å². The highest BCUT2D eigenvalue weighted by Gasteiger charge is 2.63. The molecular weight excluding hydrogens is 355 g/mol. The van der Waals surface area contributed by atoms with Gasteiger partial charge in [0.15, 0.2) is 0 Å². The van der Waals surface area contributed by atoms with Crippen LogP contribution in [0, 0.1) is 42.4 Å². The van der Waals surface area contributed by atoms with Gasteiger partial charge in [-0.05, 0) is 141 Å². The number of hydrogen-bond donors (Lipinski definition) is 0. The summed E-state index contributed by atoms with van der Waals surface area (Å²) >= 11 is 0. The Morgan fingerprint density at radius 1 is 0.607 bits per heavy atom. The molecule has 0 unspecified atom stereocenters. The van der Waals surface area contributed by atoms with Crippen LogP contribution in [0.15, 0.2) is 24.3 Å². The quantitative estimate of drug-likeness (QED) is 0.484. The van der Waals surface area contributed by atoms with Crippen molar-refractivity contribution < 1.29 is 0 Å². The lowest BCUT2D eigenvalue weighted by Crippen LogP contribution is -2.58. The maximum absolute atomic E-state index is 2.61. The molecule has 0 nitrogen and oxygen atoms in total. The molecule has 1 heteroatoms. The molecule has 0 heterocycles. The van der Waals surface area contributed by atoms with Crippen molar-refractivity contribution in [1.82, 2.24) is 0 Å². The molecule has 8 bridgehead atoms. The zero-order chi connectivity index (χ0) is 18.5. The van der Waals surface area contributed by atoms with E-state index in [0.717, 1.165) is 45.8 Å². The fourth-order valence-corrected chi connectivity index (χ4v) is 15.8. The second kappa shape index (κ2) is 5.87. The Kier molecular flexibility index (Phi) is 3.64. The minimum atomic E-state index is -0.0248. The van der Waals surface area contributed by atoms with E-state index in [1.807, 2.05) is 5.30 Å². The summed E-state index contributed by atoms with van der Waals surface area (Å²) < 4.78 is 0. The van der Waals surface area contributed by atoms with Gasteiger partial charge in [0.25, 0.3) is 0 Å². The lowest BCUT2D eigenvalue weighted by molar-refractivity contribution is 0.0195. The topological polar surface area (TPSA) is 0 Å². The molecule has 8 aliphatic rings. The maximum atomic E-state index is 2.61. The average molecular weight is 393 g/mol. The molecule has 0 radical (unpaired) electrons. The van der Waals surface area contributed by atoms with Crippen LogP contribution < -0.4 is 5.30 Å². The smallest absolute Gasteiger partial charge is 0.00413 e. The number of aryl methyl sites for hydroxylation is 1. The summed E-state index contributed by atoms with van der Waals surface area (Å²) in [4.78, 5) is 0. The molecular formula is C27H37P. The summed E-state index contributed by atoms with van der Waals surface area (Å²) in [5.74, 6) is 6.55. The van der Waals surface area contributed by atoms with Crippen molar-refractivity contribution in [2.24, 2.45) is 35.5 Å². The molecule has 1 aromatic carbocycles. The highest BCUT2D eigenvalue weighted by molar-refractivity contribution is 7.68. The van der Waals surface area contributed by atoms with Crippen molar-refractivity contribution in [3.8, 4) is 0 Å². The SMILES string of the molecule is Cc1ccccc1P(C12CC3CC(CC(C3)C1)C2)C12CC3CC(CC(C3)C1)C2. The summed E-state index contributed by atoms with van der Waals surface area (Å²) in [6.45, 7) is 2.45. The van der Waals surface area contributed by atoms with Gasteiger partial charge in [0.1, 0.15) is 0 Å². The van der Waals surface area contributed by atoms with E-state index in [-0.39, 0.29) is 7.92 Å². The van der Waals surface area contributed by atoms with Gasteiger partial charge in [-0.15, -0.1) is 0 Å². The summed E-state index contributed by atoms with van der Waals surface area (Å²) in [6.07, 6.45) is 19.2. The molecule has 28 heavy (non-hydrogen) atoms. The second-order valence-corrected chi connectivity index (χ2v) is 15.5. The molecule has 0 N–H and O–H groups in total. The Labute approximate surface area is 173 Å². The first kappa shape index (κ1) is 17.3. The highest BCUT2D eigenvalue weighted by Crippen LogP contribution is 2.78. The Hall–Kier alpha value is -0.350. The Balaban J connectivity index is 1.39. The minimum absolute atomic E-state index is 0.0248. The Bertz CT molecular complexity index is 677. The van der Waals surface area contributed by atoms with Crippen molar-refractivity contribution in [3.05, 3.63) is 29.8 Å². The maximum Gasteiger partial charge on any atom is -0.00413 e. The van der Waals surface area contributed by atoms with Crippen LogP contribution in [0.1, 0.15) is 82.6 Å². The monoisotopic (exact) mass is 392 g/mol. The molecule has 8 fully saturated rings. The standard InChI is InChI=1S/C27H37P/c1-18-4-2-3-5-25(18)28(26-12-19-6-20(13-26)8-21(7-19)14-26)27-15-22-9-23(16-27)11-24(10-22)17-27/h2-5,19-24H,6-17H2,1H3. The zero-order valence-electron chi connectivity index (χ0n) is 17.7. The third-order valence-electron chi connectivity index (χ3n) is 10.3. The molecule has 8 aliphatic carbocycles. The van der Waals surface area contributed by atoms with E-state index in [4.69, 9.17) is 0 Å². The minimum Gasteiger partial charge on any atom is -0.0623 e. The van der Waals surface area contributed by atoms with Gasteiger partial charge < -0.3 is 0 Å². The van der Waals surface area contributed by atoms with Crippen LogP contribution in [0.2, 0.25) is 0 Å². The van der Waals surface area contributed by atoms with Crippen molar-refractivity contribution >= 4 is 13.2 Å². The summed E-state index contributed by atoms with van der Waals surface area (Å²) in [5.41, 5.74) is 1.64. The van der Waals surface area contributed by atoms with Gasteiger partial charge in [-0.3, -0.25) is 0 Å². The van der Waals surface area contributed by atoms with Gasteiger partial charge in [-0.1, -0.05) is 32.2 Å². The van der Waals surface area contributed by atoms with E-state index in [9.17, 15) is 0 Å². The van der Waals surface area contributed by atoms with Crippen LogP contribution in [0.5, 0.6) is 0 Å². The van der Waals surface area contributed by atoms with Crippen molar-refractivity contribution in [1.29, 1.82) is 0 Å². The van der Waals surface area contributed by atoms with Crippen LogP contribution in [0.25, 0.3) is 0 Å². The molecule has 0 aromatic heterocycles. The first-order valence-corrected chi connectivity index (χ1v) is 13.8. The van der Waals surface area contributed by atoms with E-state index in [1.54, 1.807) is 82.6 Å². The molecule has 0 atom stereocenters. The first-order chi connectivity index (χ1) is 13.6. The van der Waals surface area contributed by atoms with Crippen LogP contribution in [-0.2, 0) is 0 Å². The first-order valence-electron chi connectivity index (χ1n) is 12.5. The molecule has 0 aliphatic heterocycles. The lowest BCUT2D eigenvalue weighted by Gasteiger charge is -2.67. The van der Waals surface area contributed by atoms with Crippen LogP contribution in [0.4, 0.5) is 0 Å². The van der Waals surface area contributed by atoms with Gasteiger partial charge in [0.05, 0.1) is 0 Å². The predicted octanol–water partition coefficient (Wildman–Crippen LogP) is 7.04. The van der Waals surface area contributed by atoms with Gasteiger partial charge >= 0.3 is 0 Å². The number of rotatable bonds is 3. The van der Waals surface area contributed by atoms with Crippen molar-refractivity contribution in [2.45, 2.75) is 94.3 Å². The molecule has 8 saturated carbocycles. The number of benzene rings is 1. The molecule has 9 rings (SSSR count). The van der Waals surface area contributed by atoms with Crippen molar-refractivity contribution in [3.63, 3.8) is 0 Å².